The SMILES string of the molecule is C[C@@H]1NC[C@H](c2ccc3sccc3c2)c2ccccc21. The molecule has 0 saturated carbocycles. The van der Waals surface area contributed by atoms with Crippen molar-refractivity contribution in [3.05, 3.63) is 70.6 Å². The summed E-state index contributed by atoms with van der Waals surface area (Å²) < 4.78 is 1.37. The number of hydrogen-bond acceptors (Lipinski definition) is 2. The molecular weight excluding hydrogens is 262 g/mol. The van der Waals surface area contributed by atoms with Gasteiger partial charge in [-0.2, -0.15) is 0 Å². The van der Waals surface area contributed by atoms with Gasteiger partial charge in [-0.3, -0.25) is 0 Å². The molecule has 2 heteroatoms. The molecule has 4 rings (SSSR count). The van der Waals surface area contributed by atoms with E-state index in [-0.39, 0.29) is 0 Å². The van der Waals surface area contributed by atoms with Gasteiger partial charge in [0.15, 0.2) is 0 Å². The van der Waals surface area contributed by atoms with E-state index in [0.29, 0.717) is 12.0 Å². The van der Waals surface area contributed by atoms with Crippen LogP contribution in [0, 0.1) is 0 Å². The Balaban J connectivity index is 1.84. The maximum absolute atomic E-state index is 3.63. The lowest BCUT2D eigenvalue weighted by Gasteiger charge is -2.31. The molecule has 0 fully saturated rings. The van der Waals surface area contributed by atoms with Crippen molar-refractivity contribution < 1.29 is 0 Å². The van der Waals surface area contributed by atoms with Crippen LogP contribution < -0.4 is 5.32 Å². The van der Waals surface area contributed by atoms with E-state index >= 15 is 0 Å². The molecular formula is C18H17NS. The lowest BCUT2D eigenvalue weighted by Crippen LogP contribution is -2.31. The van der Waals surface area contributed by atoms with Crippen LogP contribution >= 0.6 is 11.3 Å². The zero-order valence-corrected chi connectivity index (χ0v) is 12.3. The highest BCUT2D eigenvalue weighted by Gasteiger charge is 2.25. The first kappa shape index (κ1) is 12.1. The van der Waals surface area contributed by atoms with Crippen LogP contribution in [-0.4, -0.2) is 6.54 Å². The molecule has 3 aromatic rings. The number of rotatable bonds is 1. The topological polar surface area (TPSA) is 12.0 Å². The van der Waals surface area contributed by atoms with Gasteiger partial charge in [0.1, 0.15) is 0 Å². The number of hydrogen-bond donors (Lipinski definition) is 1. The molecule has 2 heterocycles. The Bertz CT molecular complexity index is 759. The van der Waals surface area contributed by atoms with Crippen molar-refractivity contribution in [1.29, 1.82) is 0 Å². The van der Waals surface area contributed by atoms with Crippen LogP contribution in [0.3, 0.4) is 0 Å². The second-order valence-electron chi connectivity index (χ2n) is 5.53. The van der Waals surface area contributed by atoms with Crippen molar-refractivity contribution in [2.24, 2.45) is 0 Å². The molecule has 0 amide bonds. The Morgan fingerprint density at radius 2 is 1.90 bits per heavy atom. The first-order chi connectivity index (χ1) is 9.83. The predicted molar refractivity (Wildman–Crippen MR) is 86.5 cm³/mol. The Labute approximate surface area is 123 Å². The van der Waals surface area contributed by atoms with Crippen LogP contribution in [-0.2, 0) is 0 Å². The highest BCUT2D eigenvalue weighted by molar-refractivity contribution is 7.17. The van der Waals surface area contributed by atoms with Crippen LogP contribution in [0.4, 0.5) is 0 Å². The fraction of sp³-hybridized carbons (Fsp3) is 0.222. The Morgan fingerprint density at radius 3 is 2.80 bits per heavy atom. The smallest absolute Gasteiger partial charge is 0.0342 e. The number of thiophene rings is 1. The van der Waals surface area contributed by atoms with Crippen molar-refractivity contribution in [2.75, 3.05) is 6.54 Å². The molecule has 0 unspecified atom stereocenters. The van der Waals surface area contributed by atoms with Gasteiger partial charge in [-0.15, -0.1) is 11.3 Å². The lowest BCUT2D eigenvalue weighted by molar-refractivity contribution is 0.508. The summed E-state index contributed by atoms with van der Waals surface area (Å²) in [6.45, 7) is 3.27. The third-order valence-corrected chi connectivity index (χ3v) is 5.24. The molecule has 0 spiro atoms. The maximum atomic E-state index is 3.63. The summed E-state index contributed by atoms with van der Waals surface area (Å²) >= 11 is 1.81. The quantitative estimate of drug-likeness (QED) is 0.681. The van der Waals surface area contributed by atoms with Crippen molar-refractivity contribution >= 4 is 21.4 Å². The molecule has 1 aliphatic heterocycles. The summed E-state index contributed by atoms with van der Waals surface area (Å²) in [5, 5.41) is 7.17. The monoisotopic (exact) mass is 279 g/mol. The van der Waals surface area contributed by atoms with E-state index in [2.05, 4.69) is 66.2 Å². The van der Waals surface area contributed by atoms with E-state index in [9.17, 15) is 0 Å². The first-order valence-corrected chi connectivity index (χ1v) is 8.00. The van der Waals surface area contributed by atoms with Crippen molar-refractivity contribution in [3.63, 3.8) is 0 Å². The summed E-state index contributed by atoms with van der Waals surface area (Å²) in [7, 11) is 0. The van der Waals surface area contributed by atoms with E-state index in [1.807, 2.05) is 11.3 Å². The summed E-state index contributed by atoms with van der Waals surface area (Å²) in [5.41, 5.74) is 4.34. The normalized spacial score (nSPS) is 21.9. The molecule has 1 nitrogen and oxygen atoms in total. The average Bonchev–Trinajstić information content (AvgIpc) is 2.95. The summed E-state index contributed by atoms with van der Waals surface area (Å²) in [4.78, 5) is 0. The van der Waals surface area contributed by atoms with Crippen LogP contribution in [0.2, 0.25) is 0 Å². The lowest BCUT2D eigenvalue weighted by atomic mass is 9.83. The van der Waals surface area contributed by atoms with E-state index in [1.54, 1.807) is 0 Å². The fourth-order valence-corrected chi connectivity index (χ4v) is 4.01. The van der Waals surface area contributed by atoms with Gasteiger partial charge < -0.3 is 5.32 Å². The Morgan fingerprint density at radius 1 is 1.05 bits per heavy atom. The summed E-state index contributed by atoms with van der Waals surface area (Å²) in [6, 6.07) is 18.4. The van der Waals surface area contributed by atoms with Crippen LogP contribution in [0.15, 0.2) is 53.9 Å². The van der Waals surface area contributed by atoms with E-state index in [1.165, 1.54) is 26.8 Å². The third kappa shape index (κ3) is 1.88. The minimum absolute atomic E-state index is 0.451. The van der Waals surface area contributed by atoms with Crippen molar-refractivity contribution in [1.82, 2.24) is 5.32 Å². The van der Waals surface area contributed by atoms with E-state index in [4.69, 9.17) is 0 Å². The molecule has 2 atom stereocenters. The molecule has 0 saturated heterocycles. The molecule has 0 bridgehead atoms. The van der Waals surface area contributed by atoms with Crippen LogP contribution in [0.1, 0.15) is 35.6 Å². The van der Waals surface area contributed by atoms with Gasteiger partial charge in [0.05, 0.1) is 0 Å². The molecule has 0 radical (unpaired) electrons. The number of nitrogens with one attached hydrogen (secondary N) is 1. The number of benzene rings is 2. The minimum atomic E-state index is 0.451. The molecule has 20 heavy (non-hydrogen) atoms. The van der Waals surface area contributed by atoms with Gasteiger partial charge in [0, 0.05) is 23.2 Å². The first-order valence-electron chi connectivity index (χ1n) is 7.12. The zero-order chi connectivity index (χ0) is 13.5. The Hall–Kier alpha value is -1.64. The summed E-state index contributed by atoms with van der Waals surface area (Å²) in [6.07, 6.45) is 0. The van der Waals surface area contributed by atoms with Gasteiger partial charge >= 0.3 is 0 Å². The molecule has 1 aliphatic rings. The number of fused-ring (bicyclic) bond motifs is 2. The second kappa shape index (κ2) is 4.72. The molecule has 1 N–H and O–H groups in total. The van der Waals surface area contributed by atoms with Gasteiger partial charge in [-0.1, -0.05) is 30.3 Å². The van der Waals surface area contributed by atoms with Gasteiger partial charge in [-0.25, -0.2) is 0 Å². The molecule has 2 aromatic carbocycles. The standard InChI is InChI=1S/C18H17NS/c1-12-15-4-2-3-5-16(15)17(11-19-12)13-6-7-18-14(10-13)8-9-20-18/h2-10,12,17,19H,11H2,1H3/t12-,17+/m0/s1. The minimum Gasteiger partial charge on any atom is -0.309 e. The Kier molecular flexibility index (Phi) is 2.86. The largest absolute Gasteiger partial charge is 0.309 e. The van der Waals surface area contributed by atoms with Crippen molar-refractivity contribution in [3.8, 4) is 0 Å². The van der Waals surface area contributed by atoms with E-state index < -0.39 is 0 Å². The predicted octanol–water partition coefficient (Wildman–Crippen LogP) is 4.70. The van der Waals surface area contributed by atoms with Crippen molar-refractivity contribution in [2.45, 2.75) is 18.9 Å². The molecule has 100 valence electrons. The van der Waals surface area contributed by atoms with Gasteiger partial charge in [0.2, 0.25) is 0 Å². The average molecular weight is 279 g/mol. The van der Waals surface area contributed by atoms with Gasteiger partial charge in [0.25, 0.3) is 0 Å². The second-order valence-corrected chi connectivity index (χ2v) is 6.48. The zero-order valence-electron chi connectivity index (χ0n) is 11.5. The molecule has 1 aromatic heterocycles. The fourth-order valence-electron chi connectivity index (χ4n) is 3.24. The highest BCUT2D eigenvalue weighted by Crippen LogP contribution is 2.35. The van der Waals surface area contributed by atoms with Crippen LogP contribution in [0.5, 0.6) is 0 Å². The van der Waals surface area contributed by atoms with E-state index in [0.717, 1.165) is 6.54 Å². The van der Waals surface area contributed by atoms with Gasteiger partial charge in [-0.05, 0) is 52.6 Å². The third-order valence-electron chi connectivity index (χ3n) is 4.34. The van der Waals surface area contributed by atoms with Crippen LogP contribution in [0.25, 0.3) is 10.1 Å². The molecule has 0 aliphatic carbocycles. The summed E-state index contributed by atoms with van der Waals surface area (Å²) in [5.74, 6) is 0.465. The highest BCUT2D eigenvalue weighted by atomic mass is 32.1. The maximum Gasteiger partial charge on any atom is 0.0342 e.